The number of hydrogen-bond donors (Lipinski definition) is 2. The minimum Gasteiger partial charge on any atom is -0.497 e. The summed E-state index contributed by atoms with van der Waals surface area (Å²) in [6, 6.07) is 8.39. The molecule has 3 rings (SSSR count). The molecule has 6 heteroatoms. The largest absolute Gasteiger partial charge is 0.497 e. The number of aliphatic hydroxyl groups excluding tert-OH is 1. The van der Waals surface area contributed by atoms with Crippen molar-refractivity contribution < 1.29 is 9.84 Å². The molecule has 1 aromatic heterocycles. The third-order valence-electron chi connectivity index (χ3n) is 4.69. The summed E-state index contributed by atoms with van der Waals surface area (Å²) in [5.74, 6) is 2.84. The Morgan fingerprint density at radius 2 is 2.08 bits per heavy atom. The van der Waals surface area contributed by atoms with Crippen LogP contribution in [0.3, 0.4) is 0 Å². The van der Waals surface area contributed by atoms with Crippen LogP contribution in [-0.4, -0.2) is 41.9 Å². The van der Waals surface area contributed by atoms with E-state index in [2.05, 4.69) is 47.2 Å². The van der Waals surface area contributed by atoms with Crippen molar-refractivity contribution in [2.75, 3.05) is 37.0 Å². The molecule has 0 spiro atoms. The van der Waals surface area contributed by atoms with Gasteiger partial charge >= 0.3 is 0 Å². The maximum atomic E-state index is 8.98. The van der Waals surface area contributed by atoms with Crippen LogP contribution in [-0.2, 0) is 13.0 Å². The van der Waals surface area contributed by atoms with E-state index in [1.165, 1.54) is 11.1 Å². The molecule has 1 aromatic carbocycles. The van der Waals surface area contributed by atoms with Crippen molar-refractivity contribution in [1.29, 1.82) is 0 Å². The van der Waals surface area contributed by atoms with Gasteiger partial charge in [0.1, 0.15) is 11.6 Å². The third-order valence-corrected chi connectivity index (χ3v) is 4.69. The highest BCUT2D eigenvalue weighted by Crippen LogP contribution is 2.28. The quantitative estimate of drug-likeness (QED) is 0.743. The molecule has 0 amide bonds. The monoisotopic (exact) mass is 356 g/mol. The molecule has 6 nitrogen and oxygen atoms in total. The Hall–Kier alpha value is -2.34. The van der Waals surface area contributed by atoms with E-state index in [-0.39, 0.29) is 6.61 Å². The fourth-order valence-corrected chi connectivity index (χ4v) is 3.12. The van der Waals surface area contributed by atoms with Gasteiger partial charge in [-0.05, 0) is 42.0 Å². The van der Waals surface area contributed by atoms with Gasteiger partial charge in [0.25, 0.3) is 0 Å². The van der Waals surface area contributed by atoms with Crippen LogP contribution in [0, 0.1) is 0 Å². The zero-order chi connectivity index (χ0) is 18.5. The van der Waals surface area contributed by atoms with Crippen LogP contribution in [0.15, 0.2) is 24.3 Å². The number of hydrogen-bond acceptors (Lipinski definition) is 6. The Balaban J connectivity index is 1.83. The van der Waals surface area contributed by atoms with Gasteiger partial charge in [-0.15, -0.1) is 0 Å². The first kappa shape index (κ1) is 18.5. The Kier molecular flexibility index (Phi) is 5.93. The Morgan fingerprint density at radius 1 is 1.23 bits per heavy atom. The van der Waals surface area contributed by atoms with Gasteiger partial charge in [0.2, 0.25) is 5.95 Å². The average molecular weight is 356 g/mol. The van der Waals surface area contributed by atoms with Gasteiger partial charge in [-0.1, -0.05) is 19.9 Å². The summed E-state index contributed by atoms with van der Waals surface area (Å²) in [7, 11) is 1.70. The van der Waals surface area contributed by atoms with E-state index in [4.69, 9.17) is 14.8 Å². The van der Waals surface area contributed by atoms with Gasteiger partial charge < -0.3 is 20.1 Å². The third kappa shape index (κ3) is 4.25. The van der Waals surface area contributed by atoms with Crippen molar-refractivity contribution >= 4 is 11.8 Å². The zero-order valence-electron chi connectivity index (χ0n) is 15.8. The molecule has 26 heavy (non-hydrogen) atoms. The lowest BCUT2D eigenvalue weighted by Gasteiger charge is -2.30. The molecule has 0 atom stereocenters. The second-order valence-electron chi connectivity index (χ2n) is 6.94. The van der Waals surface area contributed by atoms with Crippen LogP contribution in [0.25, 0.3) is 0 Å². The molecule has 0 saturated heterocycles. The van der Waals surface area contributed by atoms with Gasteiger partial charge in [0.15, 0.2) is 0 Å². The molecule has 0 saturated carbocycles. The standard InChI is InChI=1S/C20H28N4O2/c1-14(2)18-12-19(23-20(22-18)21-8-4-10-25)24-9-7-15-11-17(26-3)6-5-16(15)13-24/h5-6,11-12,14,25H,4,7-10,13H2,1-3H3,(H,21,22,23). The number of methoxy groups -OCH3 is 1. The summed E-state index contributed by atoms with van der Waals surface area (Å²) in [5.41, 5.74) is 3.69. The van der Waals surface area contributed by atoms with Crippen molar-refractivity contribution in [2.24, 2.45) is 0 Å². The van der Waals surface area contributed by atoms with E-state index in [1.54, 1.807) is 7.11 Å². The molecule has 0 radical (unpaired) electrons. The SMILES string of the molecule is COc1ccc2c(c1)CCN(c1cc(C(C)C)nc(NCCCO)n1)C2. The highest BCUT2D eigenvalue weighted by Gasteiger charge is 2.20. The van der Waals surface area contributed by atoms with Crippen LogP contribution in [0.5, 0.6) is 5.75 Å². The van der Waals surface area contributed by atoms with Crippen molar-refractivity contribution in [3.8, 4) is 5.75 Å². The van der Waals surface area contributed by atoms with E-state index in [9.17, 15) is 0 Å². The molecule has 140 valence electrons. The first-order chi connectivity index (χ1) is 12.6. The molecule has 0 unspecified atom stereocenters. The number of nitrogens with one attached hydrogen (secondary N) is 1. The van der Waals surface area contributed by atoms with Crippen LogP contribution in [0.1, 0.15) is 43.0 Å². The normalized spacial score (nSPS) is 13.7. The highest BCUT2D eigenvalue weighted by molar-refractivity contribution is 5.49. The molecule has 0 bridgehead atoms. The molecule has 0 fully saturated rings. The lowest BCUT2D eigenvalue weighted by atomic mass is 9.99. The van der Waals surface area contributed by atoms with E-state index < -0.39 is 0 Å². The molecule has 2 heterocycles. The van der Waals surface area contributed by atoms with Crippen molar-refractivity contribution in [1.82, 2.24) is 9.97 Å². The average Bonchev–Trinajstić information content (AvgIpc) is 2.67. The summed E-state index contributed by atoms with van der Waals surface area (Å²) in [6.07, 6.45) is 1.66. The summed E-state index contributed by atoms with van der Waals surface area (Å²) < 4.78 is 5.34. The number of ether oxygens (including phenoxy) is 1. The fourth-order valence-electron chi connectivity index (χ4n) is 3.12. The van der Waals surface area contributed by atoms with Gasteiger partial charge in [-0.2, -0.15) is 4.98 Å². The smallest absolute Gasteiger partial charge is 0.224 e. The maximum Gasteiger partial charge on any atom is 0.224 e. The molecule has 1 aliphatic rings. The molecule has 2 aromatic rings. The van der Waals surface area contributed by atoms with Crippen LogP contribution >= 0.6 is 0 Å². The number of nitrogens with zero attached hydrogens (tertiary/aromatic N) is 3. The minimum absolute atomic E-state index is 0.163. The van der Waals surface area contributed by atoms with E-state index in [0.717, 1.165) is 36.8 Å². The summed E-state index contributed by atoms with van der Waals surface area (Å²) in [6.45, 7) is 6.87. The summed E-state index contributed by atoms with van der Waals surface area (Å²) >= 11 is 0. The lowest BCUT2D eigenvalue weighted by Crippen LogP contribution is -2.31. The maximum absolute atomic E-state index is 8.98. The number of benzene rings is 1. The van der Waals surface area contributed by atoms with Crippen LogP contribution < -0.4 is 15.0 Å². The van der Waals surface area contributed by atoms with Crippen LogP contribution in [0.4, 0.5) is 11.8 Å². The van der Waals surface area contributed by atoms with E-state index >= 15 is 0 Å². The highest BCUT2D eigenvalue weighted by atomic mass is 16.5. The van der Waals surface area contributed by atoms with Crippen molar-refractivity contribution in [2.45, 2.75) is 39.2 Å². The lowest BCUT2D eigenvalue weighted by molar-refractivity contribution is 0.292. The van der Waals surface area contributed by atoms with Gasteiger partial charge in [0.05, 0.1) is 12.8 Å². The van der Waals surface area contributed by atoms with Crippen molar-refractivity contribution in [3.63, 3.8) is 0 Å². The molecule has 1 aliphatic heterocycles. The zero-order valence-corrected chi connectivity index (χ0v) is 15.8. The Bertz CT molecular complexity index is 749. The first-order valence-electron chi connectivity index (χ1n) is 9.25. The fraction of sp³-hybridized carbons (Fsp3) is 0.500. The van der Waals surface area contributed by atoms with Crippen LogP contribution in [0.2, 0.25) is 0 Å². The number of fused-ring (bicyclic) bond motifs is 1. The number of anilines is 2. The summed E-state index contributed by atoms with van der Waals surface area (Å²) in [4.78, 5) is 11.6. The molecular weight excluding hydrogens is 328 g/mol. The topological polar surface area (TPSA) is 70.5 Å². The predicted molar refractivity (Wildman–Crippen MR) is 104 cm³/mol. The predicted octanol–water partition coefficient (Wildman–Crippen LogP) is 2.97. The summed E-state index contributed by atoms with van der Waals surface area (Å²) in [5, 5.41) is 12.2. The Morgan fingerprint density at radius 3 is 2.81 bits per heavy atom. The van der Waals surface area contributed by atoms with Gasteiger partial charge in [0, 0.05) is 32.3 Å². The first-order valence-corrected chi connectivity index (χ1v) is 9.25. The van der Waals surface area contributed by atoms with E-state index in [1.807, 2.05) is 6.07 Å². The minimum atomic E-state index is 0.163. The second-order valence-corrected chi connectivity index (χ2v) is 6.94. The number of rotatable bonds is 7. The van der Waals surface area contributed by atoms with Gasteiger partial charge in [-0.25, -0.2) is 4.98 Å². The molecule has 2 N–H and O–H groups in total. The van der Waals surface area contributed by atoms with E-state index in [0.29, 0.717) is 24.8 Å². The number of aliphatic hydroxyl groups is 1. The van der Waals surface area contributed by atoms with Crippen molar-refractivity contribution in [3.05, 3.63) is 41.1 Å². The molecular formula is C20H28N4O2. The Labute approximate surface area is 155 Å². The number of aromatic nitrogens is 2. The second kappa shape index (κ2) is 8.36. The van der Waals surface area contributed by atoms with Gasteiger partial charge in [-0.3, -0.25) is 0 Å². The molecule has 0 aliphatic carbocycles.